The van der Waals surface area contributed by atoms with Crippen molar-refractivity contribution in [3.63, 3.8) is 0 Å². The van der Waals surface area contributed by atoms with Crippen LogP contribution in [0.25, 0.3) is 0 Å². The molecule has 164 valence electrons. The van der Waals surface area contributed by atoms with Crippen LogP contribution in [-0.4, -0.2) is 56.1 Å². The Hall–Kier alpha value is -2.13. The first-order chi connectivity index (χ1) is 13.1. The summed E-state index contributed by atoms with van der Waals surface area (Å²) in [5.74, 6) is 0. The number of rotatable bonds is 4. The molecule has 0 spiro atoms. The lowest BCUT2D eigenvalue weighted by molar-refractivity contribution is -0.000618. The maximum atomic E-state index is 12.0. The van der Waals surface area contributed by atoms with Crippen LogP contribution in [0.5, 0.6) is 0 Å². The molecule has 2 rings (SSSR count). The van der Waals surface area contributed by atoms with E-state index in [-0.39, 0.29) is 13.2 Å². The third-order valence-electron chi connectivity index (χ3n) is 3.27. The molecule has 0 atom stereocenters. The molecule has 2 amide bonds. The average Bonchev–Trinajstić information content (AvgIpc) is 3.12. The summed E-state index contributed by atoms with van der Waals surface area (Å²) in [6, 6.07) is 0. The molecule has 0 saturated carbocycles. The molecule has 29 heavy (non-hydrogen) atoms. The monoisotopic (exact) mass is 429 g/mol. The highest BCUT2D eigenvalue weighted by Gasteiger charge is 2.31. The van der Waals surface area contributed by atoms with Crippen LogP contribution in [0.2, 0.25) is 0 Å². The van der Waals surface area contributed by atoms with Crippen molar-refractivity contribution in [3.8, 4) is 0 Å². The van der Waals surface area contributed by atoms with Crippen molar-refractivity contribution in [2.75, 3.05) is 19.4 Å². The molecule has 0 aromatic heterocycles. The van der Waals surface area contributed by atoms with Gasteiger partial charge < -0.3 is 9.47 Å². The zero-order valence-electron chi connectivity index (χ0n) is 18.1. The van der Waals surface area contributed by atoms with Crippen LogP contribution in [0.15, 0.2) is 35.5 Å². The van der Waals surface area contributed by atoms with Crippen molar-refractivity contribution >= 4 is 22.3 Å². The molecular formula is C20H31NO7S. The maximum Gasteiger partial charge on any atom is 0.419 e. The Balaban J connectivity index is 0.000000488. The van der Waals surface area contributed by atoms with Gasteiger partial charge in [-0.3, -0.25) is 4.18 Å². The minimum Gasteiger partial charge on any atom is -0.443 e. The van der Waals surface area contributed by atoms with Crippen LogP contribution >= 0.6 is 0 Å². The number of carbonyl (C=O) groups excluding carboxylic acids is 2. The summed E-state index contributed by atoms with van der Waals surface area (Å²) >= 11 is 0. The normalized spacial score (nSPS) is 15.1. The van der Waals surface area contributed by atoms with Crippen molar-refractivity contribution in [2.24, 2.45) is 0 Å². The number of ether oxygens (including phenoxy) is 2. The van der Waals surface area contributed by atoms with E-state index in [4.69, 9.17) is 9.47 Å². The summed E-state index contributed by atoms with van der Waals surface area (Å²) < 4.78 is 36.6. The van der Waals surface area contributed by atoms with E-state index in [1.165, 1.54) is 17.6 Å². The molecule has 9 heteroatoms. The van der Waals surface area contributed by atoms with E-state index < -0.39 is 33.5 Å². The van der Waals surface area contributed by atoms with E-state index in [2.05, 4.69) is 28.5 Å². The third-order valence-corrected chi connectivity index (χ3v) is 3.87. The fourth-order valence-electron chi connectivity index (χ4n) is 2.18. The molecule has 0 unspecified atom stereocenters. The van der Waals surface area contributed by atoms with Crippen LogP contribution in [0.4, 0.5) is 9.59 Å². The number of allylic oxidation sites excluding steroid dienone is 6. The Labute approximate surface area is 173 Å². The van der Waals surface area contributed by atoms with Crippen LogP contribution < -0.4 is 0 Å². The second-order valence-corrected chi connectivity index (χ2v) is 10.3. The molecule has 0 saturated heterocycles. The molecule has 2 aliphatic rings. The van der Waals surface area contributed by atoms with Gasteiger partial charge in [-0.05, 0) is 59.1 Å². The van der Waals surface area contributed by atoms with Gasteiger partial charge >= 0.3 is 12.2 Å². The van der Waals surface area contributed by atoms with Gasteiger partial charge in [0, 0.05) is 0 Å². The number of fused-ring (bicyclic) bond motifs is 2. The number of hydrogen-bond acceptors (Lipinski definition) is 7. The number of imide groups is 1. The van der Waals surface area contributed by atoms with Gasteiger partial charge in [0.1, 0.15) is 11.2 Å². The summed E-state index contributed by atoms with van der Waals surface area (Å²) in [7, 11) is -3.67. The van der Waals surface area contributed by atoms with Crippen molar-refractivity contribution in [2.45, 2.75) is 59.2 Å². The quantitative estimate of drug-likeness (QED) is 0.624. The average molecular weight is 430 g/mol. The molecule has 0 radical (unpaired) electrons. The highest BCUT2D eigenvalue weighted by molar-refractivity contribution is 7.85. The molecule has 8 nitrogen and oxygen atoms in total. The van der Waals surface area contributed by atoms with Gasteiger partial charge in [-0.1, -0.05) is 24.3 Å². The van der Waals surface area contributed by atoms with E-state index in [1.807, 2.05) is 0 Å². The number of amides is 2. The van der Waals surface area contributed by atoms with Crippen LogP contribution in [0, 0.1) is 0 Å². The van der Waals surface area contributed by atoms with Gasteiger partial charge in [0.15, 0.2) is 0 Å². The number of carbonyl (C=O) groups is 2. The lowest BCUT2D eigenvalue weighted by Gasteiger charge is -2.28. The minimum absolute atomic E-state index is 0.309. The Bertz CT molecular complexity index is 761. The Morgan fingerprint density at radius 3 is 1.59 bits per heavy atom. The molecule has 0 heterocycles. The largest absolute Gasteiger partial charge is 0.443 e. The van der Waals surface area contributed by atoms with Crippen LogP contribution in [-0.2, 0) is 23.8 Å². The second-order valence-electron chi connectivity index (χ2n) is 8.63. The van der Waals surface area contributed by atoms with Gasteiger partial charge in [-0.15, -0.1) is 0 Å². The second kappa shape index (κ2) is 9.58. The van der Waals surface area contributed by atoms with Crippen molar-refractivity contribution < 1.29 is 31.7 Å². The molecule has 0 aromatic carbocycles. The van der Waals surface area contributed by atoms with Gasteiger partial charge in [0.2, 0.25) is 0 Å². The molecule has 0 N–H and O–H groups in total. The number of hydrogen-bond donors (Lipinski definition) is 0. The molecule has 2 aliphatic carbocycles. The molecule has 0 fully saturated rings. The van der Waals surface area contributed by atoms with E-state index >= 15 is 0 Å². The third kappa shape index (κ3) is 10.8. The summed E-state index contributed by atoms with van der Waals surface area (Å²) in [4.78, 5) is 24.7. The summed E-state index contributed by atoms with van der Waals surface area (Å²) in [5, 5.41) is 0. The smallest absolute Gasteiger partial charge is 0.419 e. The van der Waals surface area contributed by atoms with Crippen molar-refractivity contribution in [3.05, 3.63) is 35.5 Å². The lowest BCUT2D eigenvalue weighted by Crippen LogP contribution is -2.45. The highest BCUT2D eigenvalue weighted by atomic mass is 32.2. The summed E-state index contributed by atoms with van der Waals surface area (Å²) in [5.41, 5.74) is 1.31. The van der Waals surface area contributed by atoms with E-state index in [9.17, 15) is 18.0 Å². The Morgan fingerprint density at radius 2 is 1.34 bits per heavy atom. The summed E-state index contributed by atoms with van der Waals surface area (Å²) in [6.45, 7) is 9.18. The zero-order chi connectivity index (χ0) is 22.5. The lowest BCUT2D eigenvalue weighted by atomic mass is 10.2. The van der Waals surface area contributed by atoms with Gasteiger partial charge in [0.25, 0.3) is 10.1 Å². The minimum atomic E-state index is -3.67. The number of nitrogens with zero attached hydrogens (tertiary/aromatic N) is 1. The SMILES string of the molecule is C1=CC2=CC=C1C2.CC(C)(C)OC(=O)N(CCOS(C)(=O)=O)C(=O)OC(C)(C)C. The summed E-state index contributed by atoms with van der Waals surface area (Å²) in [6.07, 6.45) is 8.91. The standard InChI is InChI=1S/C13H25NO7S.C7H6/c1-12(2,3)20-10(15)14(8-9-19-22(7,17)18)11(16)21-13(4,5)6;1-2-7-4-3-6(1)5-7/h8-9H2,1-7H3;1-4H,5H2. The van der Waals surface area contributed by atoms with Crippen LogP contribution in [0.1, 0.15) is 48.0 Å². The Kier molecular flexibility index (Phi) is 8.23. The first kappa shape index (κ1) is 24.9. The molecule has 0 aromatic rings. The predicted octanol–water partition coefficient (Wildman–Crippen LogP) is 3.95. The van der Waals surface area contributed by atoms with Crippen molar-refractivity contribution in [1.29, 1.82) is 0 Å². The Morgan fingerprint density at radius 1 is 0.931 bits per heavy atom. The van der Waals surface area contributed by atoms with E-state index in [0.29, 0.717) is 4.90 Å². The zero-order valence-corrected chi connectivity index (χ0v) is 19.0. The van der Waals surface area contributed by atoms with Gasteiger partial charge in [0.05, 0.1) is 19.4 Å². The van der Waals surface area contributed by atoms with Gasteiger partial charge in [-0.25, -0.2) is 14.5 Å². The van der Waals surface area contributed by atoms with Crippen LogP contribution in [0.3, 0.4) is 0 Å². The molecular weight excluding hydrogens is 398 g/mol. The fourth-order valence-corrected chi connectivity index (χ4v) is 2.56. The maximum absolute atomic E-state index is 12.0. The van der Waals surface area contributed by atoms with Gasteiger partial charge in [-0.2, -0.15) is 8.42 Å². The highest BCUT2D eigenvalue weighted by Crippen LogP contribution is 2.27. The fraction of sp³-hybridized carbons (Fsp3) is 0.600. The predicted molar refractivity (Wildman–Crippen MR) is 110 cm³/mol. The van der Waals surface area contributed by atoms with Crippen molar-refractivity contribution in [1.82, 2.24) is 4.90 Å². The topological polar surface area (TPSA) is 99.2 Å². The molecule has 0 aliphatic heterocycles. The first-order valence-corrected chi connectivity index (χ1v) is 11.0. The van der Waals surface area contributed by atoms with E-state index in [1.54, 1.807) is 41.5 Å². The van der Waals surface area contributed by atoms with E-state index in [0.717, 1.165) is 6.26 Å². The molecule has 2 bridgehead atoms. The first-order valence-electron chi connectivity index (χ1n) is 9.21.